The number of Topliss-reactive ketones (excluding diaryl/α,β-unsaturated/α-hetero) is 2. The molecule has 4 atom stereocenters. The van der Waals surface area contributed by atoms with E-state index in [2.05, 4.69) is 10.3 Å². The normalized spacial score (nSPS) is 27.6. The Hall–Kier alpha value is -3.04. The molecule has 0 radical (unpaired) electrons. The molecule has 1 saturated heterocycles. The minimum atomic E-state index is -0.873. The SMILES string of the molecule is NC1C(=O)C(=O)C1c1cnccc1Oc1ccc2c(c1)CC[C@H]2C1SC(=O)NC1=O. The van der Waals surface area contributed by atoms with Crippen molar-refractivity contribution in [1.29, 1.82) is 0 Å². The fourth-order valence-electron chi connectivity index (χ4n) is 4.36. The van der Waals surface area contributed by atoms with Gasteiger partial charge in [-0.2, -0.15) is 0 Å². The second-order valence-corrected chi connectivity index (χ2v) is 8.68. The van der Waals surface area contributed by atoms with Crippen molar-refractivity contribution in [2.45, 2.75) is 36.0 Å². The number of benzene rings is 1. The average Bonchev–Trinajstić information content (AvgIpc) is 3.30. The van der Waals surface area contributed by atoms with E-state index in [-0.39, 0.29) is 17.1 Å². The number of fused-ring (bicyclic) bond motifs is 1. The summed E-state index contributed by atoms with van der Waals surface area (Å²) in [4.78, 5) is 51.1. The lowest BCUT2D eigenvalue weighted by Gasteiger charge is -2.30. The molecule has 1 saturated carbocycles. The first kappa shape index (κ1) is 19.0. The molecular formula is C21H17N3O5S. The molecule has 1 aliphatic heterocycles. The number of ether oxygens (including phenoxy) is 1. The van der Waals surface area contributed by atoms with Crippen LogP contribution in [0.4, 0.5) is 4.79 Å². The van der Waals surface area contributed by atoms with Gasteiger partial charge >= 0.3 is 0 Å². The monoisotopic (exact) mass is 423 g/mol. The number of carbonyl (C=O) groups excluding carboxylic acids is 4. The standard InChI is InChI=1S/C21H17N3O5S/c22-16-15(17(25)18(16)26)13-8-23-6-5-14(13)29-10-2-4-11-9(7-10)1-3-12(11)19-20(27)24-21(28)30-19/h2,4-8,12,15-16,19H,1,3,22H2,(H,24,27,28)/t12-,15?,16?,19?/m1/s1. The zero-order valence-corrected chi connectivity index (χ0v) is 16.5. The van der Waals surface area contributed by atoms with Crippen molar-refractivity contribution in [3.8, 4) is 11.5 Å². The van der Waals surface area contributed by atoms with Gasteiger partial charge in [0.2, 0.25) is 17.5 Å². The number of aryl methyl sites for hydroxylation is 1. The maximum atomic E-state index is 12.1. The first-order chi connectivity index (χ1) is 14.4. The molecule has 8 nitrogen and oxygen atoms in total. The van der Waals surface area contributed by atoms with Gasteiger partial charge in [0.25, 0.3) is 5.24 Å². The molecule has 2 aromatic rings. The van der Waals surface area contributed by atoms with Crippen LogP contribution in [0.1, 0.15) is 34.9 Å². The van der Waals surface area contributed by atoms with Gasteiger partial charge in [-0.3, -0.25) is 29.5 Å². The van der Waals surface area contributed by atoms with E-state index < -0.39 is 28.8 Å². The number of hydrogen-bond acceptors (Lipinski definition) is 8. The Labute approximate surface area is 175 Å². The van der Waals surface area contributed by atoms with Crippen LogP contribution < -0.4 is 15.8 Å². The topological polar surface area (TPSA) is 128 Å². The summed E-state index contributed by atoms with van der Waals surface area (Å²) in [6, 6.07) is 6.40. The van der Waals surface area contributed by atoms with Gasteiger partial charge in [0.05, 0.1) is 12.0 Å². The fraction of sp³-hybridized carbons (Fsp3) is 0.286. The molecule has 0 bridgehead atoms. The zero-order chi connectivity index (χ0) is 21.0. The lowest BCUT2D eigenvalue weighted by Crippen LogP contribution is -2.56. The highest BCUT2D eigenvalue weighted by atomic mass is 32.2. The van der Waals surface area contributed by atoms with Crippen LogP contribution in [0.2, 0.25) is 0 Å². The van der Waals surface area contributed by atoms with Gasteiger partial charge in [-0.05, 0) is 42.2 Å². The zero-order valence-electron chi connectivity index (χ0n) is 15.7. The predicted molar refractivity (Wildman–Crippen MR) is 107 cm³/mol. The minimum Gasteiger partial charge on any atom is -0.457 e. The lowest BCUT2D eigenvalue weighted by atomic mass is 9.73. The number of imide groups is 1. The van der Waals surface area contributed by atoms with Gasteiger partial charge < -0.3 is 10.5 Å². The summed E-state index contributed by atoms with van der Waals surface area (Å²) in [6.45, 7) is 0. The van der Waals surface area contributed by atoms with Crippen molar-refractivity contribution in [3.05, 3.63) is 53.3 Å². The molecule has 2 amide bonds. The van der Waals surface area contributed by atoms with Crippen molar-refractivity contribution < 1.29 is 23.9 Å². The second-order valence-electron chi connectivity index (χ2n) is 7.57. The second kappa shape index (κ2) is 7.03. The Balaban J connectivity index is 1.40. The van der Waals surface area contributed by atoms with Gasteiger partial charge in [-0.15, -0.1) is 0 Å². The number of hydrogen-bond donors (Lipinski definition) is 2. The molecule has 2 heterocycles. The molecule has 2 fully saturated rings. The number of nitrogens with two attached hydrogens (primary N) is 1. The molecule has 2 aliphatic carbocycles. The molecular weight excluding hydrogens is 406 g/mol. The maximum Gasteiger partial charge on any atom is 0.286 e. The van der Waals surface area contributed by atoms with E-state index in [9.17, 15) is 19.2 Å². The summed E-state index contributed by atoms with van der Waals surface area (Å²) in [5.74, 6) is -1.09. The van der Waals surface area contributed by atoms with E-state index in [0.29, 0.717) is 17.1 Å². The highest BCUT2D eigenvalue weighted by Crippen LogP contribution is 2.44. The summed E-state index contributed by atoms with van der Waals surface area (Å²) in [5, 5.41) is 1.65. The van der Waals surface area contributed by atoms with E-state index >= 15 is 0 Å². The summed E-state index contributed by atoms with van der Waals surface area (Å²) < 4.78 is 6.02. The Morgan fingerprint density at radius 1 is 1.10 bits per heavy atom. The molecule has 1 aromatic heterocycles. The molecule has 0 spiro atoms. The van der Waals surface area contributed by atoms with Crippen LogP contribution >= 0.6 is 11.8 Å². The number of nitrogens with zero attached hydrogens (tertiary/aromatic N) is 1. The quantitative estimate of drug-likeness (QED) is 0.713. The van der Waals surface area contributed by atoms with E-state index in [1.807, 2.05) is 12.1 Å². The molecule has 3 aliphatic rings. The van der Waals surface area contributed by atoms with Gasteiger partial charge in [0, 0.05) is 23.9 Å². The first-order valence-corrected chi connectivity index (χ1v) is 10.4. The van der Waals surface area contributed by atoms with Crippen LogP contribution in [0, 0.1) is 0 Å². The Morgan fingerprint density at radius 3 is 2.67 bits per heavy atom. The third-order valence-corrected chi connectivity index (χ3v) is 6.99. The number of aromatic nitrogens is 1. The summed E-state index contributed by atoms with van der Waals surface area (Å²) in [6.07, 6.45) is 4.61. The number of nitrogens with one attached hydrogen (secondary N) is 1. The molecule has 5 rings (SSSR count). The van der Waals surface area contributed by atoms with Crippen molar-refractivity contribution in [1.82, 2.24) is 10.3 Å². The van der Waals surface area contributed by atoms with E-state index in [1.165, 1.54) is 6.20 Å². The number of carbonyl (C=O) groups is 4. The smallest absolute Gasteiger partial charge is 0.286 e. The van der Waals surface area contributed by atoms with Crippen molar-refractivity contribution in [2.75, 3.05) is 0 Å². The molecule has 30 heavy (non-hydrogen) atoms. The van der Waals surface area contributed by atoms with Crippen LogP contribution in [-0.2, 0) is 20.8 Å². The minimum absolute atomic E-state index is 0.0152. The molecule has 1 aromatic carbocycles. The third-order valence-electron chi connectivity index (χ3n) is 5.88. The highest BCUT2D eigenvalue weighted by molar-refractivity contribution is 8.15. The predicted octanol–water partition coefficient (Wildman–Crippen LogP) is 1.82. The molecule has 3 N–H and O–H groups in total. The number of rotatable bonds is 4. The van der Waals surface area contributed by atoms with Crippen LogP contribution in [0.5, 0.6) is 11.5 Å². The number of ketones is 2. The number of pyridine rings is 1. The van der Waals surface area contributed by atoms with Gasteiger partial charge in [-0.1, -0.05) is 17.8 Å². The van der Waals surface area contributed by atoms with Crippen molar-refractivity contribution >= 4 is 34.5 Å². The summed E-state index contributed by atoms with van der Waals surface area (Å²) in [7, 11) is 0. The van der Waals surface area contributed by atoms with Crippen LogP contribution in [-0.4, -0.2) is 39.0 Å². The Kier molecular flexibility index (Phi) is 4.44. The fourth-order valence-corrected chi connectivity index (χ4v) is 5.36. The van der Waals surface area contributed by atoms with Crippen molar-refractivity contribution in [2.24, 2.45) is 5.73 Å². The third kappa shape index (κ3) is 2.93. The van der Waals surface area contributed by atoms with Crippen LogP contribution in [0.15, 0.2) is 36.7 Å². The van der Waals surface area contributed by atoms with Gasteiger partial charge in [-0.25, -0.2) is 0 Å². The van der Waals surface area contributed by atoms with E-state index in [1.54, 1.807) is 18.3 Å². The van der Waals surface area contributed by atoms with E-state index in [4.69, 9.17) is 10.5 Å². The highest BCUT2D eigenvalue weighted by Gasteiger charge is 2.49. The van der Waals surface area contributed by atoms with Crippen LogP contribution in [0.3, 0.4) is 0 Å². The summed E-state index contributed by atoms with van der Waals surface area (Å²) in [5.41, 5.74) is 8.41. The number of thioether (sulfide) groups is 1. The van der Waals surface area contributed by atoms with Crippen molar-refractivity contribution in [3.63, 3.8) is 0 Å². The Morgan fingerprint density at radius 2 is 1.93 bits per heavy atom. The number of amides is 2. The lowest BCUT2D eigenvalue weighted by molar-refractivity contribution is -0.145. The molecule has 9 heteroatoms. The maximum absolute atomic E-state index is 12.1. The largest absolute Gasteiger partial charge is 0.457 e. The summed E-state index contributed by atoms with van der Waals surface area (Å²) >= 11 is 1.05. The average molecular weight is 423 g/mol. The van der Waals surface area contributed by atoms with Gasteiger partial charge in [0.15, 0.2) is 0 Å². The van der Waals surface area contributed by atoms with Gasteiger partial charge in [0.1, 0.15) is 16.7 Å². The van der Waals surface area contributed by atoms with Crippen LogP contribution in [0.25, 0.3) is 0 Å². The molecule has 152 valence electrons. The first-order valence-electron chi connectivity index (χ1n) is 9.53. The van der Waals surface area contributed by atoms with E-state index in [0.717, 1.165) is 35.7 Å². The Bertz CT molecular complexity index is 1120. The molecule has 3 unspecified atom stereocenters.